The van der Waals surface area contributed by atoms with Crippen molar-refractivity contribution >= 4 is 0 Å². The Balaban J connectivity index is 1.67. The molecule has 0 N–H and O–H groups in total. The first-order chi connectivity index (χ1) is 40.4. The van der Waals surface area contributed by atoms with Gasteiger partial charge in [-0.15, -0.1) is 0 Å². The highest BCUT2D eigenvalue weighted by Gasteiger charge is 2.35. The van der Waals surface area contributed by atoms with Crippen molar-refractivity contribution < 1.29 is 66.3 Å². The molecule has 0 saturated carbocycles. The Morgan fingerprint density at radius 3 is 0.646 bits per heavy atom. The molecule has 0 aromatic heterocycles. The van der Waals surface area contributed by atoms with Crippen LogP contribution in [0.5, 0.6) is 46.0 Å². The van der Waals surface area contributed by atoms with E-state index in [1.54, 1.807) is 28.4 Å². The van der Waals surface area contributed by atoms with E-state index >= 15 is 0 Å². The number of rotatable bonds is 20. The molecule has 0 saturated heterocycles. The molecule has 4 atom stereocenters. The summed E-state index contributed by atoms with van der Waals surface area (Å²) in [6.07, 6.45) is 15.8. The number of ether oxygens (including phenoxy) is 14. The number of hydrogen-bond donors (Lipinski definition) is 0. The third-order valence-corrected chi connectivity index (χ3v) is 16.3. The minimum absolute atomic E-state index is 0.175. The maximum atomic E-state index is 7.00. The minimum Gasteiger partial charge on any atom is -0.496 e. The Morgan fingerprint density at radius 1 is 0.268 bits per heavy atom. The number of unbranched alkanes of at least 4 members (excludes halogenated alkanes) is 8. The van der Waals surface area contributed by atoms with Gasteiger partial charge in [-0.1, -0.05) is 105 Å². The summed E-state index contributed by atoms with van der Waals surface area (Å²) in [5.74, 6) is 5.30. The van der Waals surface area contributed by atoms with Crippen LogP contribution in [0.4, 0.5) is 0 Å². The summed E-state index contributed by atoms with van der Waals surface area (Å²) in [5, 5.41) is 0. The van der Waals surface area contributed by atoms with Crippen LogP contribution in [-0.2, 0) is 28.4 Å². The van der Waals surface area contributed by atoms with Crippen molar-refractivity contribution in [1.82, 2.24) is 0 Å². The molecule has 0 fully saturated rings. The smallest absolute Gasteiger partial charge is 0.126 e. The van der Waals surface area contributed by atoms with E-state index < -0.39 is 0 Å². The SMILES string of the molecule is CCCCCC1c2cc3c(cc2OC)OCCOCCOCCOCCOc2cc(OC)c(cc21)C(CCCCC)c1cc2c(OC)cc1OCCOCCOCCOCCOc1cc(OC)c(cc1C2CCCCC)C3CCCCC. The molecule has 456 valence electrons. The summed E-state index contributed by atoms with van der Waals surface area (Å²) in [6.45, 7) is 15.5. The molecule has 4 unspecified atom stereocenters. The predicted octanol–water partition coefficient (Wildman–Crippen LogP) is 14.5. The Bertz CT molecular complexity index is 2290. The van der Waals surface area contributed by atoms with Gasteiger partial charge in [-0.25, -0.2) is 0 Å². The molecular weight excluding hydrogens is 1040 g/mol. The van der Waals surface area contributed by atoms with Gasteiger partial charge in [-0.05, 0) is 49.9 Å². The summed E-state index contributed by atoms with van der Waals surface area (Å²) in [7, 11) is 7.11. The molecule has 4 aromatic rings. The fourth-order valence-electron chi connectivity index (χ4n) is 12.0. The lowest BCUT2D eigenvalue weighted by Gasteiger charge is -2.32. The van der Waals surface area contributed by atoms with Crippen LogP contribution in [0.3, 0.4) is 0 Å². The molecule has 1 aliphatic carbocycles. The molecule has 14 heteroatoms. The molecule has 4 aliphatic rings. The van der Waals surface area contributed by atoms with Gasteiger partial charge in [0.05, 0.1) is 108 Å². The Morgan fingerprint density at radius 2 is 0.463 bits per heavy atom. The molecule has 0 amide bonds. The lowest BCUT2D eigenvalue weighted by atomic mass is 9.76. The van der Waals surface area contributed by atoms with E-state index in [2.05, 4.69) is 76.2 Å². The number of benzene rings is 4. The maximum absolute atomic E-state index is 7.00. The average Bonchev–Trinajstić information content (AvgIpc) is 3.67. The maximum Gasteiger partial charge on any atom is 0.126 e. The third kappa shape index (κ3) is 18.0. The van der Waals surface area contributed by atoms with E-state index in [1.807, 2.05) is 0 Å². The highest BCUT2D eigenvalue weighted by Crippen LogP contribution is 2.54. The largest absolute Gasteiger partial charge is 0.496 e. The zero-order chi connectivity index (χ0) is 57.7. The zero-order valence-corrected chi connectivity index (χ0v) is 51.3. The van der Waals surface area contributed by atoms with E-state index in [1.165, 1.54) is 0 Å². The van der Waals surface area contributed by atoms with E-state index in [9.17, 15) is 0 Å². The summed E-state index contributed by atoms with van der Waals surface area (Å²) in [5.41, 5.74) is 8.53. The van der Waals surface area contributed by atoms with Crippen LogP contribution >= 0.6 is 0 Å². The van der Waals surface area contributed by atoms with Crippen molar-refractivity contribution in [2.24, 2.45) is 0 Å². The van der Waals surface area contributed by atoms with Crippen LogP contribution in [-0.4, -0.2) is 134 Å². The van der Waals surface area contributed by atoms with Crippen molar-refractivity contribution in [2.75, 3.05) is 134 Å². The van der Waals surface area contributed by atoms with E-state index in [-0.39, 0.29) is 23.7 Å². The summed E-state index contributed by atoms with van der Waals surface area (Å²) >= 11 is 0. The Kier molecular flexibility index (Phi) is 28.4. The van der Waals surface area contributed by atoms with Gasteiger partial charge in [0, 0.05) is 92.4 Å². The fraction of sp³-hybridized carbons (Fsp3) is 0.647. The van der Waals surface area contributed by atoms with Crippen LogP contribution in [0.25, 0.3) is 0 Å². The first kappa shape index (κ1) is 64.6. The fourth-order valence-corrected chi connectivity index (χ4v) is 12.0. The van der Waals surface area contributed by atoms with Crippen molar-refractivity contribution in [2.45, 2.75) is 154 Å². The van der Waals surface area contributed by atoms with Crippen molar-refractivity contribution in [3.63, 3.8) is 0 Å². The van der Waals surface area contributed by atoms with Crippen LogP contribution in [0, 0.1) is 0 Å². The van der Waals surface area contributed by atoms with Gasteiger partial charge in [-0.3, -0.25) is 0 Å². The number of hydrogen-bond acceptors (Lipinski definition) is 14. The minimum atomic E-state index is -0.179. The molecule has 10 bridgehead atoms. The second-order valence-electron chi connectivity index (χ2n) is 21.8. The normalized spacial score (nSPS) is 19.8. The summed E-state index contributed by atoms with van der Waals surface area (Å²) < 4.78 is 90.7. The summed E-state index contributed by atoms with van der Waals surface area (Å²) in [6, 6.07) is 18.1. The van der Waals surface area contributed by atoms with Gasteiger partial charge in [0.2, 0.25) is 0 Å². The lowest BCUT2D eigenvalue weighted by molar-refractivity contribution is 0.00483. The topological polar surface area (TPSA) is 129 Å². The Labute approximate surface area is 491 Å². The van der Waals surface area contributed by atoms with Gasteiger partial charge in [-0.2, -0.15) is 0 Å². The molecule has 4 aromatic carbocycles. The standard InChI is InChI=1S/C68H100O14/c1-9-13-17-21-49-53-41-59-52(24-20-16-12-4)56-44-58-50(22-18-14-10-2)54-42-60(68(46-62(54)70-6)82-40-36-78-32-28-74-26-30-76-34-38-80-66(58)48-64(56)72-8)51(23-19-15-11-3)55-43-57(49)65(47-63(55)71-7)79-37-33-75-29-25-73-27-31-77-35-39-81-67(59)45-61(53)69-5/h41-52H,9-40H2,1-8H3. The summed E-state index contributed by atoms with van der Waals surface area (Å²) in [4.78, 5) is 0. The molecule has 3 aliphatic heterocycles. The predicted molar refractivity (Wildman–Crippen MR) is 323 cm³/mol. The molecule has 14 nitrogen and oxygen atoms in total. The molecule has 3 heterocycles. The van der Waals surface area contributed by atoms with E-state index in [4.69, 9.17) is 66.3 Å². The first-order valence-electron chi connectivity index (χ1n) is 31.3. The molecule has 0 spiro atoms. The zero-order valence-electron chi connectivity index (χ0n) is 51.3. The van der Waals surface area contributed by atoms with Gasteiger partial charge in [0.1, 0.15) is 72.4 Å². The van der Waals surface area contributed by atoms with Crippen molar-refractivity contribution in [1.29, 1.82) is 0 Å². The lowest BCUT2D eigenvalue weighted by Crippen LogP contribution is -2.18. The van der Waals surface area contributed by atoms with Gasteiger partial charge < -0.3 is 66.3 Å². The molecule has 82 heavy (non-hydrogen) atoms. The number of fused-ring (bicyclic) bond motifs is 15. The van der Waals surface area contributed by atoms with Crippen LogP contribution in [0.1, 0.15) is 199 Å². The highest BCUT2D eigenvalue weighted by atomic mass is 16.6. The van der Waals surface area contributed by atoms with Gasteiger partial charge in [0.25, 0.3) is 0 Å². The molecule has 8 rings (SSSR count). The van der Waals surface area contributed by atoms with E-state index in [0.717, 1.165) is 193 Å². The van der Waals surface area contributed by atoms with Gasteiger partial charge >= 0.3 is 0 Å². The molecule has 0 radical (unpaired) electrons. The van der Waals surface area contributed by atoms with Crippen LogP contribution in [0.2, 0.25) is 0 Å². The third-order valence-electron chi connectivity index (χ3n) is 16.3. The quantitative estimate of drug-likeness (QED) is 0.0615. The molecular formula is C68H100O14. The number of methoxy groups -OCH3 is 4. The Hall–Kier alpha value is -4.96. The van der Waals surface area contributed by atoms with Crippen LogP contribution < -0.4 is 37.9 Å². The van der Waals surface area contributed by atoms with Gasteiger partial charge in [0.15, 0.2) is 0 Å². The average molecular weight is 1140 g/mol. The van der Waals surface area contributed by atoms with Crippen LogP contribution in [0.15, 0.2) is 48.5 Å². The van der Waals surface area contributed by atoms with Crippen molar-refractivity contribution in [3.05, 3.63) is 93.0 Å². The second-order valence-corrected chi connectivity index (χ2v) is 21.8. The first-order valence-corrected chi connectivity index (χ1v) is 31.3. The highest BCUT2D eigenvalue weighted by molar-refractivity contribution is 5.63. The monoisotopic (exact) mass is 1140 g/mol. The van der Waals surface area contributed by atoms with E-state index in [0.29, 0.717) is 106 Å². The second kappa shape index (κ2) is 36.0. The van der Waals surface area contributed by atoms with Crippen molar-refractivity contribution in [3.8, 4) is 46.0 Å².